The first-order chi connectivity index (χ1) is 14.1. The zero-order valence-electron chi connectivity index (χ0n) is 17.5. The van der Waals surface area contributed by atoms with Crippen molar-refractivity contribution in [3.63, 3.8) is 0 Å². The van der Waals surface area contributed by atoms with Gasteiger partial charge in [-0.05, 0) is 81.4 Å². The van der Waals surface area contributed by atoms with Crippen molar-refractivity contribution < 1.29 is 4.74 Å². The number of hydrogen-bond acceptors (Lipinski definition) is 3. The summed E-state index contributed by atoms with van der Waals surface area (Å²) in [4.78, 5) is 5.02. The summed E-state index contributed by atoms with van der Waals surface area (Å²) in [5.74, 6) is 1.40. The Labute approximate surface area is 178 Å². The number of rotatable bonds is 7. The molecule has 0 N–H and O–H groups in total. The van der Waals surface area contributed by atoms with E-state index in [1.54, 1.807) is 0 Å². The highest BCUT2D eigenvalue weighted by Crippen LogP contribution is 2.48. The smallest absolute Gasteiger partial charge is 0.120 e. The van der Waals surface area contributed by atoms with Crippen molar-refractivity contribution in [3.8, 4) is 5.75 Å². The minimum Gasteiger partial charge on any atom is -0.489 e. The van der Waals surface area contributed by atoms with Crippen LogP contribution in [0.4, 0.5) is 0 Å². The van der Waals surface area contributed by atoms with Gasteiger partial charge in [0.15, 0.2) is 0 Å². The first kappa shape index (κ1) is 20.1. The Hall–Kier alpha value is -2.23. The number of ether oxygens (including phenoxy) is 1. The van der Waals surface area contributed by atoms with Crippen molar-refractivity contribution in [1.82, 2.24) is 4.90 Å². The lowest BCUT2D eigenvalue weighted by Crippen LogP contribution is -2.15. The van der Waals surface area contributed by atoms with Gasteiger partial charge in [0, 0.05) is 15.7 Å². The molecule has 3 aromatic carbocycles. The monoisotopic (exact) mass is 403 g/mol. The lowest BCUT2D eigenvalue weighted by molar-refractivity contribution is 0.305. The Morgan fingerprint density at radius 1 is 0.897 bits per heavy atom. The summed E-state index contributed by atoms with van der Waals surface area (Å²) in [6, 6.07) is 24.0. The molecule has 0 amide bonds. The van der Waals surface area contributed by atoms with Gasteiger partial charge in [-0.25, -0.2) is 0 Å². The van der Waals surface area contributed by atoms with Gasteiger partial charge in [-0.2, -0.15) is 0 Å². The van der Waals surface area contributed by atoms with E-state index >= 15 is 0 Å². The molecule has 0 fully saturated rings. The maximum absolute atomic E-state index is 6.16. The van der Waals surface area contributed by atoms with Gasteiger partial charge >= 0.3 is 0 Å². The molecule has 0 spiro atoms. The zero-order valence-corrected chi connectivity index (χ0v) is 18.3. The molecule has 4 rings (SSSR count). The van der Waals surface area contributed by atoms with E-state index in [1.165, 1.54) is 38.5 Å². The van der Waals surface area contributed by atoms with Crippen LogP contribution in [0.15, 0.2) is 76.5 Å². The van der Waals surface area contributed by atoms with Crippen LogP contribution in [0, 0.1) is 6.92 Å². The van der Waals surface area contributed by atoms with Crippen molar-refractivity contribution in [1.29, 1.82) is 0 Å². The molecule has 0 aromatic heterocycles. The van der Waals surface area contributed by atoms with Crippen LogP contribution in [0.1, 0.15) is 41.0 Å². The summed E-state index contributed by atoms with van der Waals surface area (Å²) < 4.78 is 6.16. The van der Waals surface area contributed by atoms with Gasteiger partial charge in [-0.1, -0.05) is 59.8 Å². The quantitative estimate of drug-likeness (QED) is 0.446. The molecule has 1 atom stereocenters. The summed E-state index contributed by atoms with van der Waals surface area (Å²) in [6.07, 6.45) is 2.34. The summed E-state index contributed by atoms with van der Waals surface area (Å²) in [6.45, 7) is 3.83. The van der Waals surface area contributed by atoms with Gasteiger partial charge in [0.25, 0.3) is 0 Å². The fourth-order valence-electron chi connectivity index (χ4n) is 3.90. The second-order valence-electron chi connectivity index (χ2n) is 8.11. The first-order valence-corrected chi connectivity index (χ1v) is 11.2. The number of nitrogens with zero attached hydrogens (tertiary/aromatic N) is 1. The van der Waals surface area contributed by atoms with Crippen LogP contribution in [0.3, 0.4) is 0 Å². The van der Waals surface area contributed by atoms with Crippen LogP contribution in [-0.4, -0.2) is 25.5 Å². The molecule has 3 heteroatoms. The Kier molecular flexibility index (Phi) is 6.27. The lowest BCUT2D eigenvalue weighted by atomic mass is 9.86. The highest BCUT2D eigenvalue weighted by Gasteiger charge is 2.26. The van der Waals surface area contributed by atoms with Gasteiger partial charge in [-0.3, -0.25) is 0 Å². The van der Waals surface area contributed by atoms with Crippen LogP contribution in [0.25, 0.3) is 0 Å². The maximum atomic E-state index is 6.16. The van der Waals surface area contributed by atoms with Crippen LogP contribution < -0.4 is 4.74 Å². The van der Waals surface area contributed by atoms with Crippen molar-refractivity contribution in [2.45, 2.75) is 42.1 Å². The van der Waals surface area contributed by atoms with E-state index in [4.69, 9.17) is 4.74 Å². The third-order valence-electron chi connectivity index (χ3n) is 5.50. The maximum Gasteiger partial charge on any atom is 0.120 e. The molecule has 1 aliphatic heterocycles. The van der Waals surface area contributed by atoms with Crippen molar-refractivity contribution in [3.05, 3.63) is 89.0 Å². The topological polar surface area (TPSA) is 12.5 Å². The predicted octanol–water partition coefficient (Wildman–Crippen LogP) is 6.51. The summed E-state index contributed by atoms with van der Waals surface area (Å²) in [7, 11) is 4.30. The summed E-state index contributed by atoms with van der Waals surface area (Å²) >= 11 is 1.88. The summed E-state index contributed by atoms with van der Waals surface area (Å²) in [5, 5.41) is 0. The van der Waals surface area contributed by atoms with Crippen LogP contribution in [-0.2, 0) is 6.61 Å². The van der Waals surface area contributed by atoms with E-state index in [0.717, 1.165) is 18.7 Å². The Morgan fingerprint density at radius 3 is 2.45 bits per heavy atom. The minimum atomic E-state index is 0.435. The SMILES string of the molecule is Cc1ccc(COc2ccc3c(c2)C(CCCN(C)C)c2ccccc2S3)cc1. The van der Waals surface area contributed by atoms with Gasteiger partial charge in [0.2, 0.25) is 0 Å². The van der Waals surface area contributed by atoms with Crippen LogP contribution in [0.5, 0.6) is 5.75 Å². The highest BCUT2D eigenvalue weighted by molar-refractivity contribution is 7.99. The third-order valence-corrected chi connectivity index (χ3v) is 6.68. The third kappa shape index (κ3) is 4.85. The predicted molar refractivity (Wildman–Crippen MR) is 122 cm³/mol. The Bertz CT molecular complexity index is 965. The molecule has 1 aliphatic rings. The molecule has 0 saturated carbocycles. The number of benzene rings is 3. The van der Waals surface area contributed by atoms with Crippen molar-refractivity contribution >= 4 is 11.8 Å². The fourth-order valence-corrected chi connectivity index (χ4v) is 5.07. The van der Waals surface area contributed by atoms with Crippen LogP contribution in [0.2, 0.25) is 0 Å². The Balaban J connectivity index is 1.56. The van der Waals surface area contributed by atoms with Gasteiger partial charge in [0.05, 0.1) is 0 Å². The van der Waals surface area contributed by atoms with E-state index in [2.05, 4.69) is 92.6 Å². The van der Waals surface area contributed by atoms with E-state index in [9.17, 15) is 0 Å². The van der Waals surface area contributed by atoms with Crippen molar-refractivity contribution in [2.24, 2.45) is 0 Å². The molecule has 3 aromatic rings. The van der Waals surface area contributed by atoms with E-state index in [-0.39, 0.29) is 0 Å². The molecule has 0 radical (unpaired) electrons. The fraction of sp³-hybridized carbons (Fsp3) is 0.308. The highest BCUT2D eigenvalue weighted by atomic mass is 32.2. The average molecular weight is 404 g/mol. The molecule has 2 nitrogen and oxygen atoms in total. The molecule has 1 heterocycles. The molecule has 0 aliphatic carbocycles. The zero-order chi connectivity index (χ0) is 20.2. The van der Waals surface area contributed by atoms with Gasteiger partial charge in [-0.15, -0.1) is 0 Å². The average Bonchev–Trinajstić information content (AvgIpc) is 2.72. The number of aryl methyl sites for hydroxylation is 1. The molecule has 0 saturated heterocycles. The molecule has 0 bridgehead atoms. The minimum absolute atomic E-state index is 0.435. The van der Waals surface area contributed by atoms with Crippen molar-refractivity contribution in [2.75, 3.05) is 20.6 Å². The normalized spacial score (nSPS) is 15.1. The van der Waals surface area contributed by atoms with Crippen LogP contribution >= 0.6 is 11.8 Å². The molecule has 150 valence electrons. The molecular formula is C26H29NOS. The van der Waals surface area contributed by atoms with E-state index in [0.29, 0.717) is 12.5 Å². The van der Waals surface area contributed by atoms with Gasteiger partial charge < -0.3 is 9.64 Å². The molecule has 29 heavy (non-hydrogen) atoms. The number of fused-ring (bicyclic) bond motifs is 2. The standard InChI is InChI=1S/C26H29NOS/c1-19-10-12-20(13-11-19)18-28-21-14-15-26-24(17-21)22(8-6-16-27(2)3)23-7-4-5-9-25(23)29-26/h4-5,7,9-15,17,22H,6,8,16,18H2,1-3H3. The molecule has 1 unspecified atom stereocenters. The summed E-state index contributed by atoms with van der Waals surface area (Å²) in [5.41, 5.74) is 5.35. The molecular weight excluding hydrogens is 374 g/mol. The number of hydrogen-bond donors (Lipinski definition) is 0. The first-order valence-electron chi connectivity index (χ1n) is 10.3. The Morgan fingerprint density at radius 2 is 1.66 bits per heavy atom. The van der Waals surface area contributed by atoms with Gasteiger partial charge in [0.1, 0.15) is 12.4 Å². The second kappa shape index (κ2) is 9.06. The largest absolute Gasteiger partial charge is 0.489 e. The van der Waals surface area contributed by atoms with E-state index in [1.807, 2.05) is 11.8 Å². The second-order valence-corrected chi connectivity index (χ2v) is 9.20. The van der Waals surface area contributed by atoms with E-state index < -0.39 is 0 Å². The lowest BCUT2D eigenvalue weighted by Gasteiger charge is -2.29.